The van der Waals surface area contributed by atoms with Gasteiger partial charge in [0.15, 0.2) is 30.3 Å². The zero-order valence-electron chi connectivity index (χ0n) is 20.0. The molecule has 0 aromatic heterocycles. The van der Waals surface area contributed by atoms with E-state index in [1.54, 1.807) is 24.3 Å². The molecule has 36 heavy (non-hydrogen) atoms. The summed E-state index contributed by atoms with van der Waals surface area (Å²) in [7, 11) is 0. The van der Waals surface area contributed by atoms with Gasteiger partial charge in [0.25, 0.3) is 0 Å². The van der Waals surface area contributed by atoms with Gasteiger partial charge in [0.05, 0.1) is 5.57 Å². The molecule has 2 aliphatic rings. The van der Waals surface area contributed by atoms with Gasteiger partial charge >= 0.3 is 23.9 Å². The standard InChI is InChI=1S/C24H25NO11/c1-11(26)32-10-18-21(33-12(2)27)22(34-13(3)28)23(35-14(4)29)24(36-18)25-9-17-19(30)15-7-5-6-8-16(15)20(17)31/h5-9,18,21-24,30H,10H2,1-4H3/b25-9+/t18-,21-,22+,23-,24-/m1/s1. The first kappa shape index (κ1) is 26.5. The molecule has 0 saturated carbocycles. The van der Waals surface area contributed by atoms with Crippen LogP contribution in [0.4, 0.5) is 0 Å². The van der Waals surface area contributed by atoms with Crippen molar-refractivity contribution < 1.29 is 52.8 Å². The second kappa shape index (κ2) is 11.1. The number of aliphatic hydroxyl groups is 1. The molecule has 1 saturated heterocycles. The molecule has 192 valence electrons. The Morgan fingerprint density at radius 1 is 0.889 bits per heavy atom. The Labute approximate surface area is 205 Å². The SMILES string of the molecule is CC(=O)OC[C@H]1O[C@@H](/N=C/C2=C(O)c3ccccc3C2=O)[C@H](OC(C)=O)[C@@H](OC(C)=O)[C@@H]1OC(C)=O. The molecule has 1 aromatic carbocycles. The maximum absolute atomic E-state index is 12.7. The van der Waals surface area contributed by atoms with Gasteiger partial charge in [-0.2, -0.15) is 0 Å². The average Bonchev–Trinajstić information content (AvgIpc) is 3.03. The highest BCUT2D eigenvalue weighted by Gasteiger charge is 2.52. The van der Waals surface area contributed by atoms with Crippen molar-refractivity contribution in [2.75, 3.05) is 6.61 Å². The van der Waals surface area contributed by atoms with Gasteiger partial charge in [0.2, 0.25) is 0 Å². The largest absolute Gasteiger partial charge is 0.506 e. The van der Waals surface area contributed by atoms with Crippen LogP contribution in [0.3, 0.4) is 0 Å². The van der Waals surface area contributed by atoms with E-state index in [1.807, 2.05) is 0 Å². The Bertz CT molecular complexity index is 1140. The monoisotopic (exact) mass is 503 g/mol. The fourth-order valence-electron chi connectivity index (χ4n) is 3.88. The van der Waals surface area contributed by atoms with E-state index in [9.17, 15) is 29.1 Å². The average molecular weight is 503 g/mol. The summed E-state index contributed by atoms with van der Waals surface area (Å²) in [5.41, 5.74) is 0.465. The van der Waals surface area contributed by atoms with E-state index in [2.05, 4.69) is 4.99 Å². The Morgan fingerprint density at radius 3 is 2.00 bits per heavy atom. The minimum atomic E-state index is -1.41. The summed E-state index contributed by atoms with van der Waals surface area (Å²) in [4.78, 5) is 63.9. The van der Waals surface area contributed by atoms with Crippen LogP contribution in [0.15, 0.2) is 34.8 Å². The lowest BCUT2D eigenvalue weighted by Gasteiger charge is -2.43. The molecule has 1 aromatic rings. The molecular weight excluding hydrogens is 478 g/mol. The van der Waals surface area contributed by atoms with Gasteiger partial charge in [0, 0.05) is 45.0 Å². The first-order valence-corrected chi connectivity index (χ1v) is 10.9. The summed E-state index contributed by atoms with van der Waals surface area (Å²) < 4.78 is 26.8. The number of Topliss-reactive ketones (excluding diaryl/α,β-unsaturated/α-hetero) is 1. The van der Waals surface area contributed by atoms with Gasteiger partial charge in [-0.3, -0.25) is 29.0 Å². The number of esters is 4. The highest BCUT2D eigenvalue weighted by Crippen LogP contribution is 2.32. The lowest BCUT2D eigenvalue weighted by molar-refractivity contribution is -0.250. The van der Waals surface area contributed by atoms with E-state index in [1.165, 1.54) is 0 Å². The van der Waals surface area contributed by atoms with Crippen LogP contribution in [0.2, 0.25) is 0 Å². The van der Waals surface area contributed by atoms with Gasteiger partial charge in [-0.25, -0.2) is 0 Å². The topological polar surface area (TPSA) is 164 Å². The number of aliphatic hydroxyl groups excluding tert-OH is 1. The Balaban J connectivity index is 2.01. The number of carbonyl (C=O) groups is 5. The molecule has 0 spiro atoms. The number of aliphatic imine (C=N–C) groups is 1. The van der Waals surface area contributed by atoms with Gasteiger partial charge in [-0.1, -0.05) is 24.3 Å². The van der Waals surface area contributed by atoms with Crippen LogP contribution in [0, 0.1) is 0 Å². The van der Waals surface area contributed by atoms with Gasteiger partial charge < -0.3 is 28.8 Å². The Hall–Kier alpha value is -4.06. The Morgan fingerprint density at radius 2 is 1.44 bits per heavy atom. The highest BCUT2D eigenvalue weighted by atomic mass is 16.7. The smallest absolute Gasteiger partial charge is 0.303 e. The molecule has 12 heteroatoms. The van der Waals surface area contributed by atoms with Gasteiger partial charge in [0.1, 0.15) is 18.5 Å². The molecule has 1 aliphatic carbocycles. The number of fused-ring (bicyclic) bond motifs is 1. The zero-order valence-corrected chi connectivity index (χ0v) is 20.0. The molecule has 1 aliphatic heterocycles. The van der Waals surface area contributed by atoms with Crippen molar-refractivity contribution >= 4 is 41.6 Å². The van der Waals surface area contributed by atoms with Crippen molar-refractivity contribution in [2.45, 2.75) is 58.3 Å². The predicted molar refractivity (Wildman–Crippen MR) is 121 cm³/mol. The second-order valence-electron chi connectivity index (χ2n) is 8.00. The summed E-state index contributed by atoms with van der Waals surface area (Å²) in [6.07, 6.45) is -5.67. The normalized spacial score (nSPS) is 25.3. The third-order valence-corrected chi connectivity index (χ3v) is 5.24. The van der Waals surface area contributed by atoms with Crippen LogP contribution in [0.5, 0.6) is 0 Å². The molecule has 12 nitrogen and oxygen atoms in total. The van der Waals surface area contributed by atoms with E-state index in [0.717, 1.165) is 33.9 Å². The number of nitrogens with zero attached hydrogens (tertiary/aromatic N) is 1. The molecule has 0 unspecified atom stereocenters. The molecule has 0 bridgehead atoms. The van der Waals surface area contributed by atoms with Crippen LogP contribution < -0.4 is 0 Å². The van der Waals surface area contributed by atoms with Gasteiger partial charge in [-0.05, 0) is 0 Å². The number of hydrogen-bond donors (Lipinski definition) is 1. The molecule has 1 fully saturated rings. The lowest BCUT2D eigenvalue weighted by Crippen LogP contribution is -2.62. The van der Waals surface area contributed by atoms with Crippen molar-refractivity contribution in [3.05, 3.63) is 41.0 Å². The Kier molecular flexibility index (Phi) is 8.20. The zero-order chi connectivity index (χ0) is 26.6. The minimum absolute atomic E-state index is 0.135. The number of allylic oxidation sites excluding steroid dienone is 1. The molecule has 0 radical (unpaired) electrons. The minimum Gasteiger partial charge on any atom is -0.506 e. The number of ketones is 1. The number of ether oxygens (including phenoxy) is 5. The van der Waals surface area contributed by atoms with Crippen molar-refractivity contribution in [3.8, 4) is 0 Å². The summed E-state index contributed by atoms with van der Waals surface area (Å²) >= 11 is 0. The molecule has 5 atom stereocenters. The summed E-state index contributed by atoms with van der Waals surface area (Å²) in [5.74, 6) is -3.78. The summed E-state index contributed by atoms with van der Waals surface area (Å²) in [5, 5.41) is 10.5. The molecule has 3 rings (SSSR count). The van der Waals surface area contributed by atoms with Crippen LogP contribution in [0.1, 0.15) is 43.6 Å². The molecular formula is C24H25NO11. The van der Waals surface area contributed by atoms with Gasteiger partial charge in [-0.15, -0.1) is 0 Å². The van der Waals surface area contributed by atoms with Crippen molar-refractivity contribution in [1.82, 2.24) is 0 Å². The maximum Gasteiger partial charge on any atom is 0.303 e. The fraction of sp³-hybridized carbons (Fsp3) is 0.417. The predicted octanol–water partition coefficient (Wildman–Crippen LogP) is 1.31. The molecule has 1 N–H and O–H groups in total. The quantitative estimate of drug-likeness (QED) is 0.324. The number of rotatable bonds is 7. The maximum atomic E-state index is 12.7. The lowest BCUT2D eigenvalue weighted by atomic mass is 9.97. The van der Waals surface area contributed by atoms with Crippen molar-refractivity contribution in [2.24, 2.45) is 4.99 Å². The van der Waals surface area contributed by atoms with E-state index >= 15 is 0 Å². The number of benzene rings is 1. The third-order valence-electron chi connectivity index (χ3n) is 5.24. The molecule has 1 heterocycles. The molecule has 0 amide bonds. The first-order valence-electron chi connectivity index (χ1n) is 10.9. The van der Waals surface area contributed by atoms with Crippen LogP contribution in [-0.4, -0.2) is 78.2 Å². The number of carbonyl (C=O) groups excluding carboxylic acids is 5. The van der Waals surface area contributed by atoms with Crippen LogP contribution >= 0.6 is 0 Å². The first-order chi connectivity index (χ1) is 17.0. The fourth-order valence-corrected chi connectivity index (χ4v) is 3.88. The van der Waals surface area contributed by atoms with E-state index < -0.39 is 66.9 Å². The van der Waals surface area contributed by atoms with E-state index in [0.29, 0.717) is 5.56 Å². The summed E-state index contributed by atoms with van der Waals surface area (Å²) in [6, 6.07) is 6.41. The van der Waals surface area contributed by atoms with Crippen molar-refractivity contribution in [1.29, 1.82) is 0 Å². The number of hydrogen-bond acceptors (Lipinski definition) is 12. The second-order valence-corrected chi connectivity index (χ2v) is 8.00. The van der Waals surface area contributed by atoms with E-state index in [4.69, 9.17) is 23.7 Å². The van der Waals surface area contributed by atoms with Crippen LogP contribution in [-0.2, 0) is 42.9 Å². The van der Waals surface area contributed by atoms with E-state index in [-0.39, 0.29) is 16.9 Å². The van der Waals surface area contributed by atoms with Crippen LogP contribution in [0.25, 0.3) is 5.76 Å². The van der Waals surface area contributed by atoms with Crippen molar-refractivity contribution in [3.63, 3.8) is 0 Å². The summed E-state index contributed by atoms with van der Waals surface area (Å²) in [6.45, 7) is 4.05. The highest BCUT2D eigenvalue weighted by molar-refractivity contribution is 6.30. The third kappa shape index (κ3) is 5.95.